The van der Waals surface area contributed by atoms with Crippen LogP contribution in [0.5, 0.6) is 5.75 Å². The quantitative estimate of drug-likeness (QED) is 0.784. The zero-order chi connectivity index (χ0) is 10.7. The topological polar surface area (TPSA) is 26.3 Å². The molecule has 0 radical (unpaired) electrons. The van der Waals surface area contributed by atoms with Gasteiger partial charge in [-0.05, 0) is 59.8 Å². The monoisotopic (exact) mass is 268 g/mol. The van der Waals surface area contributed by atoms with Crippen molar-refractivity contribution in [3.8, 4) is 5.75 Å². The average Bonchev–Trinajstić information content (AvgIpc) is 2.74. The molecule has 3 heteroatoms. The Labute approximate surface area is 97.8 Å². The minimum absolute atomic E-state index is 0.350. The van der Waals surface area contributed by atoms with Gasteiger partial charge in [0.05, 0.1) is 10.6 Å². The molecule has 1 aromatic carbocycles. The van der Waals surface area contributed by atoms with Crippen LogP contribution in [0, 0.1) is 0 Å². The fourth-order valence-corrected chi connectivity index (χ4v) is 2.36. The second kappa shape index (κ2) is 4.79. The lowest BCUT2D eigenvalue weighted by atomic mass is 10.2. The maximum atomic E-state index is 10.6. The van der Waals surface area contributed by atoms with E-state index in [0.717, 1.165) is 29.4 Å². The summed E-state index contributed by atoms with van der Waals surface area (Å²) < 4.78 is 6.70. The maximum Gasteiger partial charge on any atom is 0.150 e. The van der Waals surface area contributed by atoms with Crippen molar-refractivity contribution in [2.24, 2.45) is 0 Å². The molecule has 0 heterocycles. The first-order chi connectivity index (χ1) is 7.29. The molecule has 0 aliphatic heterocycles. The number of halogens is 1. The van der Waals surface area contributed by atoms with E-state index in [2.05, 4.69) is 15.9 Å². The summed E-state index contributed by atoms with van der Waals surface area (Å²) in [6, 6.07) is 5.42. The van der Waals surface area contributed by atoms with Gasteiger partial charge in [-0.2, -0.15) is 0 Å². The summed E-state index contributed by atoms with van der Waals surface area (Å²) in [4.78, 5) is 10.6. The summed E-state index contributed by atoms with van der Waals surface area (Å²) in [6.07, 6.45) is 5.99. The number of ether oxygens (including phenoxy) is 1. The molecule has 80 valence electrons. The van der Waals surface area contributed by atoms with Gasteiger partial charge in [0.1, 0.15) is 12.0 Å². The number of benzene rings is 1. The van der Waals surface area contributed by atoms with Gasteiger partial charge in [-0.15, -0.1) is 0 Å². The Morgan fingerprint density at radius 2 is 2.07 bits per heavy atom. The Morgan fingerprint density at radius 1 is 1.33 bits per heavy atom. The van der Waals surface area contributed by atoms with Crippen LogP contribution in [0.4, 0.5) is 0 Å². The van der Waals surface area contributed by atoms with Gasteiger partial charge >= 0.3 is 0 Å². The van der Waals surface area contributed by atoms with E-state index in [4.69, 9.17) is 4.74 Å². The van der Waals surface area contributed by atoms with Crippen molar-refractivity contribution < 1.29 is 9.53 Å². The van der Waals surface area contributed by atoms with E-state index in [-0.39, 0.29) is 0 Å². The molecular formula is C12H13BrO2. The molecule has 1 fully saturated rings. The smallest absolute Gasteiger partial charge is 0.150 e. The fourth-order valence-electron chi connectivity index (χ4n) is 1.87. The summed E-state index contributed by atoms with van der Waals surface area (Å²) in [5.74, 6) is 0.840. The standard InChI is InChI=1S/C12H13BrO2/c13-11-7-9(8-14)5-6-12(11)15-10-3-1-2-4-10/h5-8,10H,1-4H2. The van der Waals surface area contributed by atoms with Crippen LogP contribution in [0.25, 0.3) is 0 Å². The van der Waals surface area contributed by atoms with Crippen molar-refractivity contribution >= 4 is 22.2 Å². The molecule has 1 saturated carbocycles. The van der Waals surface area contributed by atoms with Gasteiger partial charge < -0.3 is 4.74 Å². The molecule has 0 amide bonds. The Morgan fingerprint density at radius 3 is 2.67 bits per heavy atom. The first-order valence-corrected chi connectivity index (χ1v) is 6.00. The van der Waals surface area contributed by atoms with Gasteiger partial charge in [0.2, 0.25) is 0 Å². The lowest BCUT2D eigenvalue weighted by Gasteiger charge is -2.14. The number of carbonyl (C=O) groups is 1. The van der Waals surface area contributed by atoms with E-state index in [1.54, 1.807) is 12.1 Å². The Kier molecular flexibility index (Phi) is 3.41. The van der Waals surface area contributed by atoms with Gasteiger partial charge in [0.15, 0.2) is 0 Å². The zero-order valence-corrected chi connectivity index (χ0v) is 10.00. The molecule has 15 heavy (non-hydrogen) atoms. The molecule has 2 nitrogen and oxygen atoms in total. The largest absolute Gasteiger partial charge is 0.489 e. The van der Waals surface area contributed by atoms with Crippen LogP contribution in [0.15, 0.2) is 22.7 Å². The van der Waals surface area contributed by atoms with E-state index >= 15 is 0 Å². The van der Waals surface area contributed by atoms with Gasteiger partial charge in [-0.25, -0.2) is 0 Å². The molecular weight excluding hydrogens is 256 g/mol. The number of hydrogen-bond acceptors (Lipinski definition) is 2. The highest BCUT2D eigenvalue weighted by Gasteiger charge is 2.17. The first kappa shape index (κ1) is 10.7. The molecule has 0 atom stereocenters. The summed E-state index contributed by atoms with van der Waals surface area (Å²) >= 11 is 3.41. The highest BCUT2D eigenvalue weighted by molar-refractivity contribution is 9.10. The van der Waals surface area contributed by atoms with Crippen LogP contribution in [0.1, 0.15) is 36.0 Å². The van der Waals surface area contributed by atoms with Crippen LogP contribution < -0.4 is 4.74 Å². The number of aldehydes is 1. The third kappa shape index (κ3) is 2.59. The summed E-state index contributed by atoms with van der Waals surface area (Å²) in [5.41, 5.74) is 0.667. The summed E-state index contributed by atoms with van der Waals surface area (Å²) in [5, 5.41) is 0. The Balaban J connectivity index is 2.10. The van der Waals surface area contributed by atoms with E-state index in [1.807, 2.05) is 6.07 Å². The lowest BCUT2D eigenvalue weighted by Crippen LogP contribution is -2.11. The van der Waals surface area contributed by atoms with Crippen molar-refractivity contribution in [1.29, 1.82) is 0 Å². The second-order valence-corrected chi connectivity index (χ2v) is 4.69. The van der Waals surface area contributed by atoms with Crippen molar-refractivity contribution in [1.82, 2.24) is 0 Å². The summed E-state index contributed by atoms with van der Waals surface area (Å²) in [7, 11) is 0. The molecule has 0 N–H and O–H groups in total. The molecule has 0 bridgehead atoms. The number of rotatable bonds is 3. The van der Waals surface area contributed by atoms with Crippen molar-refractivity contribution in [3.63, 3.8) is 0 Å². The number of carbonyl (C=O) groups excluding carboxylic acids is 1. The minimum atomic E-state index is 0.350. The van der Waals surface area contributed by atoms with Crippen LogP contribution in [0.3, 0.4) is 0 Å². The molecule has 0 aromatic heterocycles. The zero-order valence-electron chi connectivity index (χ0n) is 8.41. The highest BCUT2D eigenvalue weighted by Crippen LogP contribution is 2.30. The van der Waals surface area contributed by atoms with E-state index in [1.165, 1.54) is 12.8 Å². The van der Waals surface area contributed by atoms with Crippen molar-refractivity contribution in [3.05, 3.63) is 28.2 Å². The third-order valence-corrected chi connectivity index (χ3v) is 3.31. The van der Waals surface area contributed by atoms with Gasteiger partial charge in [0, 0.05) is 5.56 Å². The summed E-state index contributed by atoms with van der Waals surface area (Å²) in [6.45, 7) is 0. The van der Waals surface area contributed by atoms with Crippen LogP contribution in [-0.4, -0.2) is 12.4 Å². The highest BCUT2D eigenvalue weighted by atomic mass is 79.9. The first-order valence-electron chi connectivity index (χ1n) is 5.21. The van der Waals surface area contributed by atoms with Crippen molar-refractivity contribution in [2.75, 3.05) is 0 Å². The molecule has 0 saturated heterocycles. The molecule has 0 unspecified atom stereocenters. The predicted molar refractivity (Wildman–Crippen MR) is 62.4 cm³/mol. The normalized spacial score (nSPS) is 16.6. The molecule has 1 aromatic rings. The molecule has 1 aliphatic rings. The van der Waals surface area contributed by atoms with Crippen molar-refractivity contribution in [2.45, 2.75) is 31.8 Å². The predicted octanol–water partition coefficient (Wildman–Crippen LogP) is 3.58. The SMILES string of the molecule is O=Cc1ccc(OC2CCCC2)c(Br)c1. The average molecular weight is 269 g/mol. The fraction of sp³-hybridized carbons (Fsp3) is 0.417. The Bertz CT molecular complexity index is 357. The Hall–Kier alpha value is -0.830. The number of hydrogen-bond donors (Lipinski definition) is 0. The third-order valence-electron chi connectivity index (χ3n) is 2.69. The van der Waals surface area contributed by atoms with Gasteiger partial charge in [0.25, 0.3) is 0 Å². The van der Waals surface area contributed by atoms with Gasteiger partial charge in [-0.1, -0.05) is 0 Å². The molecule has 0 spiro atoms. The van der Waals surface area contributed by atoms with E-state index < -0.39 is 0 Å². The van der Waals surface area contributed by atoms with E-state index in [9.17, 15) is 4.79 Å². The minimum Gasteiger partial charge on any atom is -0.489 e. The lowest BCUT2D eigenvalue weighted by molar-refractivity contribution is 0.112. The van der Waals surface area contributed by atoms with E-state index in [0.29, 0.717) is 11.7 Å². The second-order valence-electron chi connectivity index (χ2n) is 3.83. The molecule has 1 aliphatic carbocycles. The van der Waals surface area contributed by atoms with Crippen LogP contribution in [-0.2, 0) is 0 Å². The van der Waals surface area contributed by atoms with Crippen LogP contribution in [0.2, 0.25) is 0 Å². The van der Waals surface area contributed by atoms with Crippen LogP contribution >= 0.6 is 15.9 Å². The molecule has 2 rings (SSSR count). The van der Waals surface area contributed by atoms with Gasteiger partial charge in [-0.3, -0.25) is 4.79 Å². The maximum absolute atomic E-state index is 10.6.